The average Bonchev–Trinajstić information content (AvgIpc) is 2.37. The Bertz CT molecular complexity index is 559. The van der Waals surface area contributed by atoms with Crippen molar-refractivity contribution < 1.29 is 18.0 Å². The molecular formula is C14H8F3O. The highest BCUT2D eigenvalue weighted by Gasteiger charge is 2.34. The van der Waals surface area contributed by atoms with E-state index in [1.54, 1.807) is 30.3 Å². The Morgan fingerprint density at radius 1 is 0.889 bits per heavy atom. The first-order valence-corrected chi connectivity index (χ1v) is 5.18. The van der Waals surface area contributed by atoms with Crippen LogP contribution in [0.2, 0.25) is 0 Å². The van der Waals surface area contributed by atoms with Crippen molar-refractivity contribution in [2.24, 2.45) is 0 Å². The summed E-state index contributed by atoms with van der Waals surface area (Å²) in [6.45, 7) is 0. The number of hydrogen-bond acceptors (Lipinski definition) is 1. The zero-order valence-corrected chi connectivity index (χ0v) is 9.16. The molecule has 0 aliphatic rings. The minimum atomic E-state index is -4.56. The minimum Gasteiger partial charge on any atom is -0.285 e. The molecule has 0 aromatic heterocycles. The number of benzene rings is 2. The summed E-state index contributed by atoms with van der Waals surface area (Å²) in [6, 6.07) is 12.1. The van der Waals surface area contributed by atoms with E-state index in [9.17, 15) is 18.0 Å². The Morgan fingerprint density at radius 3 is 2.11 bits per heavy atom. The summed E-state index contributed by atoms with van der Waals surface area (Å²) in [7, 11) is 0. The van der Waals surface area contributed by atoms with Gasteiger partial charge in [-0.3, -0.25) is 4.79 Å². The number of alkyl halides is 3. The fourth-order valence-corrected chi connectivity index (χ4v) is 1.76. The summed E-state index contributed by atoms with van der Waals surface area (Å²) in [6.07, 6.45) is -3.16. The van der Waals surface area contributed by atoms with E-state index < -0.39 is 17.3 Å². The highest BCUT2D eigenvalue weighted by molar-refractivity contribution is 5.90. The summed E-state index contributed by atoms with van der Waals surface area (Å²) in [5.74, 6) is 0. The van der Waals surface area contributed by atoms with Crippen LogP contribution in [0.25, 0.3) is 11.1 Å². The van der Waals surface area contributed by atoms with Gasteiger partial charge in [0, 0.05) is 5.56 Å². The summed E-state index contributed by atoms with van der Waals surface area (Å²) < 4.78 is 38.3. The van der Waals surface area contributed by atoms with Crippen LogP contribution in [0.3, 0.4) is 0 Å². The van der Waals surface area contributed by atoms with E-state index in [2.05, 4.69) is 0 Å². The second-order valence-electron chi connectivity index (χ2n) is 3.69. The Balaban J connectivity index is 2.67. The van der Waals surface area contributed by atoms with E-state index in [0.29, 0.717) is 5.56 Å². The lowest BCUT2D eigenvalue weighted by Gasteiger charge is -2.12. The van der Waals surface area contributed by atoms with Crippen LogP contribution in [-0.2, 0) is 11.0 Å². The minimum absolute atomic E-state index is 0.237. The van der Waals surface area contributed by atoms with Crippen LogP contribution >= 0.6 is 0 Å². The van der Waals surface area contributed by atoms with Gasteiger partial charge in [-0.1, -0.05) is 42.5 Å². The molecule has 1 radical (unpaired) electrons. The molecule has 0 saturated heterocycles. The van der Waals surface area contributed by atoms with E-state index in [4.69, 9.17) is 0 Å². The smallest absolute Gasteiger partial charge is 0.285 e. The maximum absolute atomic E-state index is 12.8. The molecule has 0 spiro atoms. The van der Waals surface area contributed by atoms with Gasteiger partial charge in [0.2, 0.25) is 6.29 Å². The molecule has 0 fully saturated rings. The first-order valence-electron chi connectivity index (χ1n) is 5.18. The highest BCUT2D eigenvalue weighted by Crippen LogP contribution is 2.35. The maximum Gasteiger partial charge on any atom is 0.417 e. The second kappa shape index (κ2) is 4.64. The van der Waals surface area contributed by atoms with Gasteiger partial charge >= 0.3 is 6.18 Å². The van der Waals surface area contributed by atoms with E-state index in [-0.39, 0.29) is 5.56 Å². The molecule has 0 bridgehead atoms. The first kappa shape index (κ1) is 12.4. The lowest BCUT2D eigenvalue weighted by atomic mass is 9.96. The van der Waals surface area contributed by atoms with Crippen molar-refractivity contribution in [1.29, 1.82) is 0 Å². The molecule has 0 aliphatic heterocycles. The molecule has 0 unspecified atom stereocenters. The molecule has 0 saturated carbocycles. The predicted octanol–water partition coefficient (Wildman–Crippen LogP) is 3.83. The molecule has 2 aromatic rings. The summed E-state index contributed by atoms with van der Waals surface area (Å²) in [5, 5.41) is 0. The second-order valence-corrected chi connectivity index (χ2v) is 3.69. The van der Waals surface area contributed by atoms with Crippen LogP contribution in [-0.4, -0.2) is 6.29 Å². The first-order chi connectivity index (χ1) is 8.54. The predicted molar refractivity (Wildman–Crippen MR) is 61.7 cm³/mol. The van der Waals surface area contributed by atoms with Gasteiger partial charge in [0.1, 0.15) is 0 Å². The standard InChI is InChI=1S/C14H8F3O/c15-14(16,17)13-8-4-7-11(12(13)9-18)10-5-2-1-3-6-10/h1-8H. The topological polar surface area (TPSA) is 17.1 Å². The molecule has 0 amide bonds. The van der Waals surface area contributed by atoms with E-state index in [0.717, 1.165) is 6.07 Å². The lowest BCUT2D eigenvalue weighted by Crippen LogP contribution is -2.09. The summed E-state index contributed by atoms with van der Waals surface area (Å²) in [5.41, 5.74) is -0.613. The molecule has 0 heterocycles. The van der Waals surface area contributed by atoms with Gasteiger partial charge in [-0.2, -0.15) is 13.2 Å². The van der Waals surface area contributed by atoms with Crippen molar-refractivity contribution in [1.82, 2.24) is 0 Å². The quantitative estimate of drug-likeness (QED) is 0.790. The fourth-order valence-electron chi connectivity index (χ4n) is 1.76. The van der Waals surface area contributed by atoms with Gasteiger partial charge in [0.25, 0.3) is 0 Å². The SMILES string of the molecule is O=[C]c1c(-c2ccccc2)cccc1C(F)(F)F. The molecule has 4 heteroatoms. The van der Waals surface area contributed by atoms with Crippen molar-refractivity contribution in [2.75, 3.05) is 0 Å². The molecule has 0 aliphatic carbocycles. The molecule has 2 aromatic carbocycles. The number of hydrogen-bond donors (Lipinski definition) is 0. The highest BCUT2D eigenvalue weighted by atomic mass is 19.4. The Hall–Kier alpha value is -2.10. The molecule has 0 atom stereocenters. The third-order valence-electron chi connectivity index (χ3n) is 2.56. The van der Waals surface area contributed by atoms with Crippen LogP contribution in [0.15, 0.2) is 48.5 Å². The zero-order valence-electron chi connectivity index (χ0n) is 9.16. The third-order valence-corrected chi connectivity index (χ3v) is 2.56. The van der Waals surface area contributed by atoms with Crippen molar-refractivity contribution in [3.8, 4) is 11.1 Å². The van der Waals surface area contributed by atoms with Gasteiger partial charge < -0.3 is 0 Å². The van der Waals surface area contributed by atoms with Gasteiger partial charge in [-0.15, -0.1) is 0 Å². The molecule has 0 N–H and O–H groups in total. The van der Waals surface area contributed by atoms with E-state index in [1.165, 1.54) is 18.4 Å². The molecule has 18 heavy (non-hydrogen) atoms. The van der Waals surface area contributed by atoms with Gasteiger partial charge in [0.05, 0.1) is 5.56 Å². The molecule has 91 valence electrons. The molecule has 2 rings (SSSR count). The average molecular weight is 249 g/mol. The monoisotopic (exact) mass is 249 g/mol. The number of carbonyl (C=O) groups excluding carboxylic acids is 1. The number of halogens is 3. The Labute approximate surface area is 102 Å². The normalized spacial score (nSPS) is 11.3. The van der Waals surface area contributed by atoms with Crippen LogP contribution in [0.1, 0.15) is 11.1 Å². The van der Waals surface area contributed by atoms with Gasteiger partial charge in [-0.05, 0) is 17.2 Å². The lowest BCUT2D eigenvalue weighted by molar-refractivity contribution is -0.137. The van der Waals surface area contributed by atoms with Crippen molar-refractivity contribution >= 4 is 6.29 Å². The maximum atomic E-state index is 12.8. The van der Waals surface area contributed by atoms with E-state index in [1.807, 2.05) is 0 Å². The van der Waals surface area contributed by atoms with Crippen LogP contribution in [0.5, 0.6) is 0 Å². The largest absolute Gasteiger partial charge is 0.417 e. The molecule has 1 nitrogen and oxygen atoms in total. The van der Waals surface area contributed by atoms with Crippen molar-refractivity contribution in [2.45, 2.75) is 6.18 Å². The van der Waals surface area contributed by atoms with E-state index >= 15 is 0 Å². The van der Waals surface area contributed by atoms with Crippen LogP contribution in [0, 0.1) is 0 Å². The summed E-state index contributed by atoms with van der Waals surface area (Å²) in [4.78, 5) is 10.8. The Kier molecular flexibility index (Phi) is 3.19. The third kappa shape index (κ3) is 2.27. The van der Waals surface area contributed by atoms with Crippen molar-refractivity contribution in [3.63, 3.8) is 0 Å². The van der Waals surface area contributed by atoms with Gasteiger partial charge in [0.15, 0.2) is 0 Å². The zero-order chi connectivity index (χ0) is 13.2. The van der Waals surface area contributed by atoms with Crippen molar-refractivity contribution in [3.05, 3.63) is 59.7 Å². The van der Waals surface area contributed by atoms with Crippen LogP contribution < -0.4 is 0 Å². The van der Waals surface area contributed by atoms with Gasteiger partial charge in [-0.25, -0.2) is 0 Å². The molecular weight excluding hydrogens is 241 g/mol. The summed E-state index contributed by atoms with van der Waals surface area (Å²) >= 11 is 0. The Morgan fingerprint density at radius 2 is 1.56 bits per heavy atom. The number of rotatable bonds is 2. The fraction of sp³-hybridized carbons (Fsp3) is 0.0714. The van der Waals surface area contributed by atoms with Crippen LogP contribution in [0.4, 0.5) is 13.2 Å².